The van der Waals surface area contributed by atoms with E-state index in [4.69, 9.17) is 5.73 Å². The molecule has 0 saturated carbocycles. The van der Waals surface area contributed by atoms with Crippen LogP contribution in [-0.4, -0.2) is 38.5 Å². The van der Waals surface area contributed by atoms with Crippen LogP contribution in [-0.2, 0) is 4.79 Å². The van der Waals surface area contributed by atoms with Crippen LogP contribution in [0.25, 0.3) is 5.69 Å². The van der Waals surface area contributed by atoms with Crippen molar-refractivity contribution >= 4 is 23.7 Å². The summed E-state index contributed by atoms with van der Waals surface area (Å²) in [5, 5.41) is 12.5. The van der Waals surface area contributed by atoms with E-state index in [0.717, 1.165) is 23.9 Å². The van der Waals surface area contributed by atoms with Crippen molar-refractivity contribution in [2.45, 2.75) is 16.8 Å². The highest BCUT2D eigenvalue weighted by molar-refractivity contribution is 8.00. The monoisotopic (exact) mass is 438 g/mol. The van der Waals surface area contributed by atoms with Gasteiger partial charge in [-0.2, -0.15) is 4.68 Å². The van der Waals surface area contributed by atoms with Crippen LogP contribution in [0.2, 0.25) is 0 Å². The Morgan fingerprint density at radius 3 is 2.37 bits per heavy atom. The van der Waals surface area contributed by atoms with E-state index in [0.29, 0.717) is 11.3 Å². The van der Waals surface area contributed by atoms with Crippen molar-refractivity contribution in [2.75, 3.05) is 0 Å². The number of nitrogens with zero attached hydrogens (tertiary/aromatic N) is 4. The summed E-state index contributed by atoms with van der Waals surface area (Å²) in [5.74, 6) is -1.08. The maximum Gasteiger partial charge on any atom is 0.573 e. The number of tetrazole rings is 1. The molecule has 3 N–H and O–H groups in total. The Labute approximate surface area is 171 Å². The molecule has 30 heavy (non-hydrogen) atoms. The number of ether oxygens (including phenoxy) is 1. The first-order valence-corrected chi connectivity index (χ1v) is 9.07. The van der Waals surface area contributed by atoms with Crippen LogP contribution in [0.3, 0.4) is 0 Å². The second-order valence-corrected chi connectivity index (χ2v) is 6.75. The van der Waals surface area contributed by atoms with Gasteiger partial charge >= 0.3 is 12.4 Å². The highest BCUT2D eigenvalue weighted by Crippen LogP contribution is 2.35. The molecule has 3 rings (SSSR count). The molecule has 0 aliphatic carbocycles. The van der Waals surface area contributed by atoms with Gasteiger partial charge in [-0.3, -0.25) is 10.1 Å². The number of alkyl halides is 3. The number of hydrogen-bond donors (Lipinski definition) is 2. The molecule has 9 nitrogen and oxygen atoms in total. The summed E-state index contributed by atoms with van der Waals surface area (Å²) >= 11 is 0.930. The number of nitrogens with one attached hydrogen (secondary N) is 1. The minimum Gasteiger partial charge on any atom is -0.406 e. The lowest BCUT2D eigenvalue weighted by Gasteiger charge is -2.15. The molecule has 0 aliphatic rings. The van der Waals surface area contributed by atoms with Gasteiger partial charge in [0.2, 0.25) is 11.1 Å². The molecule has 1 aromatic heterocycles. The SMILES string of the molecule is NC(=O)NC(=O)C(Sc1nnnn1-c1ccc(OC(F)(F)F)cc1)c1ccccc1. The number of imide groups is 1. The summed E-state index contributed by atoms with van der Waals surface area (Å²) in [6.07, 6.45) is -4.81. The highest BCUT2D eigenvalue weighted by Gasteiger charge is 2.31. The molecule has 0 spiro atoms. The third-order valence-electron chi connectivity index (χ3n) is 3.57. The van der Waals surface area contributed by atoms with E-state index < -0.39 is 29.3 Å². The van der Waals surface area contributed by atoms with E-state index in [9.17, 15) is 22.8 Å². The Hall–Kier alpha value is -3.61. The van der Waals surface area contributed by atoms with Crippen molar-refractivity contribution in [2.24, 2.45) is 5.73 Å². The summed E-state index contributed by atoms with van der Waals surface area (Å²) in [4.78, 5) is 23.6. The fourth-order valence-electron chi connectivity index (χ4n) is 2.40. The number of thioether (sulfide) groups is 1. The van der Waals surface area contributed by atoms with Crippen molar-refractivity contribution in [1.29, 1.82) is 0 Å². The van der Waals surface area contributed by atoms with Crippen molar-refractivity contribution in [3.05, 3.63) is 60.2 Å². The number of aromatic nitrogens is 4. The van der Waals surface area contributed by atoms with Gasteiger partial charge in [0, 0.05) is 0 Å². The Kier molecular flexibility index (Phi) is 6.20. The molecular weight excluding hydrogens is 425 g/mol. The number of carbonyl (C=O) groups is 2. The lowest BCUT2D eigenvalue weighted by molar-refractivity contribution is -0.274. The number of carbonyl (C=O) groups excluding carboxylic acids is 2. The van der Waals surface area contributed by atoms with E-state index in [-0.39, 0.29) is 5.16 Å². The lowest BCUT2D eigenvalue weighted by atomic mass is 10.1. The first kappa shape index (κ1) is 21.1. The average Bonchev–Trinajstić information content (AvgIpc) is 3.14. The number of hydrogen-bond acceptors (Lipinski definition) is 7. The molecule has 0 fully saturated rings. The predicted molar refractivity (Wildman–Crippen MR) is 98.6 cm³/mol. The molecule has 3 aromatic rings. The Morgan fingerprint density at radius 2 is 1.77 bits per heavy atom. The molecule has 156 valence electrons. The first-order chi connectivity index (χ1) is 14.2. The fraction of sp³-hybridized carbons (Fsp3) is 0.118. The van der Waals surface area contributed by atoms with Crippen molar-refractivity contribution < 1.29 is 27.5 Å². The Balaban J connectivity index is 1.87. The van der Waals surface area contributed by atoms with Crippen LogP contribution in [0.1, 0.15) is 10.8 Å². The van der Waals surface area contributed by atoms with Crippen LogP contribution < -0.4 is 15.8 Å². The smallest absolute Gasteiger partial charge is 0.406 e. The van der Waals surface area contributed by atoms with E-state index in [2.05, 4.69) is 20.3 Å². The number of nitrogens with two attached hydrogens (primary N) is 1. The molecule has 0 radical (unpaired) electrons. The van der Waals surface area contributed by atoms with E-state index >= 15 is 0 Å². The van der Waals surface area contributed by atoms with Crippen LogP contribution in [0.4, 0.5) is 18.0 Å². The maximum atomic E-state index is 12.5. The topological polar surface area (TPSA) is 125 Å². The van der Waals surface area contributed by atoms with Gasteiger partial charge in [-0.15, -0.1) is 18.3 Å². The van der Waals surface area contributed by atoms with Crippen molar-refractivity contribution in [3.8, 4) is 11.4 Å². The van der Waals surface area contributed by atoms with Gasteiger partial charge in [0.15, 0.2) is 0 Å². The minimum atomic E-state index is -4.81. The second kappa shape index (κ2) is 8.82. The number of amides is 3. The average molecular weight is 438 g/mol. The quantitative estimate of drug-likeness (QED) is 0.567. The van der Waals surface area contributed by atoms with Crippen LogP contribution in [0.5, 0.6) is 5.75 Å². The van der Waals surface area contributed by atoms with Gasteiger partial charge in [-0.25, -0.2) is 4.79 Å². The van der Waals surface area contributed by atoms with E-state index in [1.807, 2.05) is 5.32 Å². The molecule has 1 atom stereocenters. The summed E-state index contributed by atoms with van der Waals surface area (Å²) in [6, 6.07) is 12.4. The third kappa shape index (κ3) is 5.47. The molecular formula is C17H13F3N6O3S. The number of urea groups is 1. The van der Waals surface area contributed by atoms with Crippen molar-refractivity contribution in [1.82, 2.24) is 25.5 Å². The summed E-state index contributed by atoms with van der Waals surface area (Å²) in [7, 11) is 0. The molecule has 3 amide bonds. The Morgan fingerprint density at radius 1 is 1.10 bits per heavy atom. The van der Waals surface area contributed by atoms with Crippen LogP contribution in [0.15, 0.2) is 59.8 Å². The van der Waals surface area contributed by atoms with Crippen molar-refractivity contribution in [3.63, 3.8) is 0 Å². The van der Waals surface area contributed by atoms with Gasteiger partial charge in [-0.05, 0) is 40.3 Å². The Bertz CT molecular complexity index is 1030. The number of halogens is 3. The normalized spacial score (nSPS) is 12.2. The number of rotatable bonds is 6. The number of primary amides is 1. The molecule has 2 aromatic carbocycles. The van der Waals surface area contributed by atoms with Gasteiger partial charge in [0.25, 0.3) is 0 Å². The van der Waals surface area contributed by atoms with Gasteiger partial charge in [0.05, 0.1) is 5.69 Å². The molecule has 1 heterocycles. The lowest BCUT2D eigenvalue weighted by Crippen LogP contribution is -2.37. The zero-order valence-electron chi connectivity index (χ0n) is 14.9. The third-order valence-corrected chi connectivity index (χ3v) is 4.75. The fourth-order valence-corrected chi connectivity index (χ4v) is 3.39. The summed E-state index contributed by atoms with van der Waals surface area (Å²) in [6.45, 7) is 0. The molecule has 0 saturated heterocycles. The van der Waals surface area contributed by atoms with Crippen LogP contribution in [0, 0.1) is 0 Å². The predicted octanol–water partition coefficient (Wildman–Crippen LogP) is 2.59. The molecule has 0 bridgehead atoms. The van der Waals surface area contributed by atoms with E-state index in [1.54, 1.807) is 30.3 Å². The molecule has 0 aliphatic heterocycles. The van der Waals surface area contributed by atoms with Gasteiger partial charge in [0.1, 0.15) is 11.0 Å². The summed E-state index contributed by atoms with van der Waals surface area (Å²) < 4.78 is 42.0. The second-order valence-electron chi connectivity index (χ2n) is 5.68. The van der Waals surface area contributed by atoms with Gasteiger partial charge in [-0.1, -0.05) is 42.1 Å². The molecule has 13 heteroatoms. The largest absolute Gasteiger partial charge is 0.573 e. The zero-order chi connectivity index (χ0) is 21.7. The molecule has 1 unspecified atom stereocenters. The zero-order valence-corrected chi connectivity index (χ0v) is 15.7. The highest BCUT2D eigenvalue weighted by atomic mass is 32.2. The maximum absolute atomic E-state index is 12.5. The van der Waals surface area contributed by atoms with Gasteiger partial charge < -0.3 is 10.5 Å². The minimum absolute atomic E-state index is 0.160. The standard InChI is InChI=1S/C17H13F3N6O3S/c18-17(19,20)29-12-8-6-11(7-9-12)26-16(23-24-25-26)30-13(14(27)22-15(21)28)10-4-2-1-3-5-10/h1-9,13H,(H3,21,22,27,28). The number of benzene rings is 2. The first-order valence-electron chi connectivity index (χ1n) is 8.19. The summed E-state index contributed by atoms with van der Waals surface area (Å²) in [5.41, 5.74) is 5.94. The van der Waals surface area contributed by atoms with E-state index in [1.165, 1.54) is 16.8 Å². The van der Waals surface area contributed by atoms with Crippen LogP contribution >= 0.6 is 11.8 Å².